The van der Waals surface area contributed by atoms with Crippen LogP contribution in [0.4, 0.5) is 0 Å². The van der Waals surface area contributed by atoms with E-state index >= 15 is 0 Å². The van der Waals surface area contributed by atoms with Gasteiger partial charge in [-0.15, -0.1) is 11.6 Å². The Morgan fingerprint density at radius 3 is 2.80 bits per heavy atom. The first-order valence-electron chi connectivity index (χ1n) is 5.03. The van der Waals surface area contributed by atoms with E-state index in [0.29, 0.717) is 12.5 Å². The average molecular weight is 227 g/mol. The lowest BCUT2D eigenvalue weighted by Gasteiger charge is -2.33. The smallest absolute Gasteiger partial charge is 0.205 e. The summed E-state index contributed by atoms with van der Waals surface area (Å²) in [6.45, 7) is 6.46. The van der Waals surface area contributed by atoms with E-state index in [1.807, 2.05) is 13.8 Å². The minimum atomic E-state index is -0.553. The van der Waals surface area contributed by atoms with E-state index in [1.165, 1.54) is 5.56 Å². The predicted molar refractivity (Wildman–Crippen MR) is 60.2 cm³/mol. The van der Waals surface area contributed by atoms with Crippen molar-refractivity contribution in [1.82, 2.24) is 0 Å². The molecule has 15 heavy (non-hydrogen) atoms. The summed E-state index contributed by atoms with van der Waals surface area (Å²) in [5.41, 5.74) is 3.32. The van der Waals surface area contributed by atoms with Crippen LogP contribution in [0.25, 0.3) is 0 Å². The van der Waals surface area contributed by atoms with Gasteiger partial charge in [-0.05, 0) is 6.92 Å². The van der Waals surface area contributed by atoms with Crippen molar-refractivity contribution in [3.8, 4) is 5.75 Å². The van der Waals surface area contributed by atoms with Gasteiger partial charge in [-0.1, -0.05) is 17.7 Å². The number of rotatable bonds is 1. The van der Waals surface area contributed by atoms with Gasteiger partial charge in [0.2, 0.25) is 5.79 Å². The van der Waals surface area contributed by atoms with Gasteiger partial charge in [-0.2, -0.15) is 0 Å². The van der Waals surface area contributed by atoms with Crippen LogP contribution in [0, 0.1) is 6.92 Å². The van der Waals surface area contributed by atoms with E-state index in [2.05, 4.69) is 19.1 Å². The monoisotopic (exact) mass is 226 g/mol. The quantitative estimate of drug-likeness (QED) is 0.684. The van der Waals surface area contributed by atoms with Crippen molar-refractivity contribution in [2.24, 2.45) is 0 Å². The number of halogens is 1. The number of ether oxygens (including phenoxy) is 2. The number of fused-ring (bicyclic) bond motifs is 1. The van der Waals surface area contributed by atoms with Crippen molar-refractivity contribution in [2.45, 2.75) is 39.0 Å². The molecule has 0 radical (unpaired) electrons. The molecule has 0 aliphatic carbocycles. The molecule has 2 nitrogen and oxygen atoms in total. The fourth-order valence-electron chi connectivity index (χ4n) is 1.79. The lowest BCUT2D eigenvalue weighted by atomic mass is 10.0. The van der Waals surface area contributed by atoms with Crippen LogP contribution >= 0.6 is 11.6 Å². The maximum absolute atomic E-state index is 5.91. The van der Waals surface area contributed by atoms with Gasteiger partial charge in [0.15, 0.2) is 0 Å². The fourth-order valence-corrected chi connectivity index (χ4v) is 1.99. The molecule has 0 N–H and O–H groups in total. The summed E-state index contributed by atoms with van der Waals surface area (Å²) in [6, 6.07) is 4.15. The zero-order valence-corrected chi connectivity index (χ0v) is 10.0. The summed E-state index contributed by atoms with van der Waals surface area (Å²) in [5, 5.41) is 0. The fraction of sp³-hybridized carbons (Fsp3) is 0.500. The molecule has 82 valence electrons. The highest BCUT2D eigenvalue weighted by atomic mass is 35.5. The van der Waals surface area contributed by atoms with Gasteiger partial charge in [-0.25, -0.2) is 0 Å². The lowest BCUT2D eigenvalue weighted by Crippen LogP contribution is -2.35. The van der Waals surface area contributed by atoms with Crippen molar-refractivity contribution in [1.29, 1.82) is 0 Å². The molecule has 2 rings (SSSR count). The van der Waals surface area contributed by atoms with Crippen LogP contribution < -0.4 is 4.74 Å². The molecule has 1 aromatic rings. The van der Waals surface area contributed by atoms with E-state index in [0.717, 1.165) is 16.9 Å². The van der Waals surface area contributed by atoms with Crippen LogP contribution in [0.1, 0.15) is 30.5 Å². The van der Waals surface area contributed by atoms with Gasteiger partial charge in [0.25, 0.3) is 0 Å². The van der Waals surface area contributed by atoms with Gasteiger partial charge >= 0.3 is 0 Å². The molecular formula is C12H15ClO2. The average Bonchev–Trinajstić information content (AvgIpc) is 2.17. The molecule has 0 aromatic heterocycles. The molecule has 3 heteroatoms. The second-order valence-electron chi connectivity index (χ2n) is 4.34. The van der Waals surface area contributed by atoms with Crippen LogP contribution in [-0.4, -0.2) is 5.79 Å². The molecule has 0 spiro atoms. The maximum atomic E-state index is 5.91. The van der Waals surface area contributed by atoms with Crippen molar-refractivity contribution in [3.05, 3.63) is 28.8 Å². The Morgan fingerprint density at radius 1 is 1.40 bits per heavy atom. The molecule has 0 fully saturated rings. The molecule has 0 saturated carbocycles. The highest BCUT2D eigenvalue weighted by Gasteiger charge is 2.28. The Hall–Kier alpha value is -0.730. The molecular weight excluding hydrogens is 212 g/mol. The normalized spacial score (nSPS) is 18.1. The van der Waals surface area contributed by atoms with Gasteiger partial charge in [0, 0.05) is 25.0 Å². The number of hydrogen-bond acceptors (Lipinski definition) is 2. The first kappa shape index (κ1) is 10.8. The number of benzene rings is 1. The van der Waals surface area contributed by atoms with Crippen LogP contribution in [0.2, 0.25) is 0 Å². The largest absolute Gasteiger partial charge is 0.462 e. The third-order valence-corrected chi connectivity index (χ3v) is 2.74. The maximum Gasteiger partial charge on any atom is 0.205 e. The summed E-state index contributed by atoms with van der Waals surface area (Å²) in [4.78, 5) is 0. The summed E-state index contributed by atoms with van der Waals surface area (Å²) in [5.74, 6) is 0.815. The standard InChI is InChI=1S/C12H15ClO2/c1-8-4-9(6-13)11-10(5-8)7-14-12(2,3)15-11/h4-5H,6-7H2,1-3H3. The number of aryl methyl sites for hydroxylation is 1. The van der Waals surface area contributed by atoms with Gasteiger partial charge in [0.1, 0.15) is 5.75 Å². The van der Waals surface area contributed by atoms with E-state index in [4.69, 9.17) is 21.1 Å². The zero-order chi connectivity index (χ0) is 11.1. The Balaban J connectivity index is 2.48. The third kappa shape index (κ3) is 2.11. The molecule has 1 aromatic carbocycles. The first-order chi connectivity index (χ1) is 7.02. The second kappa shape index (κ2) is 3.69. The van der Waals surface area contributed by atoms with Crippen LogP contribution in [-0.2, 0) is 17.2 Å². The van der Waals surface area contributed by atoms with E-state index in [-0.39, 0.29) is 0 Å². The molecule has 1 aliphatic rings. The Morgan fingerprint density at radius 2 is 2.13 bits per heavy atom. The summed E-state index contributed by atoms with van der Waals surface area (Å²) in [7, 11) is 0. The van der Waals surface area contributed by atoms with Gasteiger partial charge < -0.3 is 9.47 Å². The SMILES string of the molecule is Cc1cc(CCl)c2c(c1)COC(C)(C)O2. The molecule has 0 unspecified atom stereocenters. The van der Waals surface area contributed by atoms with E-state index < -0.39 is 5.79 Å². The Bertz CT molecular complexity index is 368. The number of hydrogen-bond donors (Lipinski definition) is 0. The molecule has 0 atom stereocenters. The summed E-state index contributed by atoms with van der Waals surface area (Å²) >= 11 is 5.91. The van der Waals surface area contributed by atoms with Crippen LogP contribution in [0.15, 0.2) is 12.1 Å². The third-order valence-electron chi connectivity index (χ3n) is 2.45. The molecule has 1 aliphatic heterocycles. The summed E-state index contributed by atoms with van der Waals surface area (Å²) in [6.07, 6.45) is 0. The van der Waals surface area contributed by atoms with E-state index in [9.17, 15) is 0 Å². The van der Waals surface area contributed by atoms with Crippen LogP contribution in [0.3, 0.4) is 0 Å². The van der Waals surface area contributed by atoms with Crippen molar-refractivity contribution in [3.63, 3.8) is 0 Å². The zero-order valence-electron chi connectivity index (χ0n) is 9.26. The Labute approximate surface area is 95.1 Å². The molecule has 0 bridgehead atoms. The molecule has 0 saturated heterocycles. The first-order valence-corrected chi connectivity index (χ1v) is 5.56. The molecule has 0 amide bonds. The van der Waals surface area contributed by atoms with Gasteiger partial charge in [0.05, 0.1) is 12.5 Å². The highest BCUT2D eigenvalue weighted by molar-refractivity contribution is 6.17. The number of alkyl halides is 1. The highest BCUT2D eigenvalue weighted by Crippen LogP contribution is 2.35. The minimum Gasteiger partial charge on any atom is -0.462 e. The van der Waals surface area contributed by atoms with Gasteiger partial charge in [-0.3, -0.25) is 0 Å². The Kier molecular flexibility index (Phi) is 2.65. The second-order valence-corrected chi connectivity index (χ2v) is 4.60. The lowest BCUT2D eigenvalue weighted by molar-refractivity contribution is -0.180. The summed E-state index contributed by atoms with van der Waals surface area (Å²) < 4.78 is 11.4. The van der Waals surface area contributed by atoms with E-state index in [1.54, 1.807) is 0 Å². The topological polar surface area (TPSA) is 18.5 Å². The van der Waals surface area contributed by atoms with Crippen LogP contribution in [0.5, 0.6) is 5.75 Å². The van der Waals surface area contributed by atoms with Crippen molar-refractivity contribution < 1.29 is 9.47 Å². The molecule has 1 heterocycles. The predicted octanol–water partition coefficient (Wildman–Crippen LogP) is 3.38. The minimum absolute atomic E-state index is 0.472. The van der Waals surface area contributed by atoms with Crippen molar-refractivity contribution >= 4 is 11.6 Å². The van der Waals surface area contributed by atoms with Crippen molar-refractivity contribution in [2.75, 3.05) is 0 Å².